The van der Waals surface area contributed by atoms with Gasteiger partial charge in [0.2, 0.25) is 0 Å². The lowest BCUT2D eigenvalue weighted by atomic mass is 10.1. The van der Waals surface area contributed by atoms with Crippen LogP contribution in [0.4, 0.5) is 0 Å². The van der Waals surface area contributed by atoms with Gasteiger partial charge in [0.1, 0.15) is 4.88 Å². The predicted molar refractivity (Wildman–Crippen MR) is 91.3 cm³/mol. The molecule has 0 bridgehead atoms. The quantitative estimate of drug-likeness (QED) is 0.805. The van der Waals surface area contributed by atoms with Gasteiger partial charge in [-0.1, -0.05) is 17.8 Å². The molecule has 2 aromatic heterocycles. The molecule has 2 atom stereocenters. The molecule has 0 aliphatic carbocycles. The smallest absolute Gasteiger partial charge is 0.265 e. The highest BCUT2D eigenvalue weighted by atomic mass is 32.1. The zero-order valence-electron chi connectivity index (χ0n) is 13.4. The lowest BCUT2D eigenvalue weighted by molar-refractivity contribution is -0.0611. The van der Waals surface area contributed by atoms with Crippen molar-refractivity contribution in [3.05, 3.63) is 27.2 Å². The van der Waals surface area contributed by atoms with E-state index in [2.05, 4.69) is 26.8 Å². The van der Waals surface area contributed by atoms with Crippen LogP contribution in [0.5, 0.6) is 0 Å². The summed E-state index contributed by atoms with van der Waals surface area (Å²) in [5, 5.41) is 9.04. The van der Waals surface area contributed by atoms with E-state index >= 15 is 0 Å². The summed E-state index contributed by atoms with van der Waals surface area (Å²) in [7, 11) is 0. The van der Waals surface area contributed by atoms with Crippen LogP contribution in [0, 0.1) is 0 Å². The molecule has 0 spiro atoms. The Morgan fingerprint density at radius 2 is 2.46 bits per heavy atom. The van der Waals surface area contributed by atoms with Crippen LogP contribution in [-0.4, -0.2) is 45.8 Å². The third kappa shape index (κ3) is 4.35. The molecule has 7 nitrogen and oxygen atoms in total. The first-order chi connectivity index (χ1) is 11.8. The number of aromatic nitrogens is 3. The van der Waals surface area contributed by atoms with Gasteiger partial charge in [0.05, 0.1) is 42.3 Å². The van der Waals surface area contributed by atoms with E-state index in [-0.39, 0.29) is 18.1 Å². The summed E-state index contributed by atoms with van der Waals surface area (Å²) >= 11 is 2.68. The molecule has 9 heteroatoms. The molecule has 0 unspecified atom stereocenters. The van der Waals surface area contributed by atoms with Gasteiger partial charge in [-0.05, 0) is 24.4 Å². The first-order valence-electron chi connectivity index (χ1n) is 7.96. The van der Waals surface area contributed by atoms with Crippen LogP contribution >= 0.6 is 22.9 Å². The Hall–Kier alpha value is -1.42. The van der Waals surface area contributed by atoms with Gasteiger partial charge in [-0.15, -0.1) is 16.4 Å². The molecule has 24 heavy (non-hydrogen) atoms. The molecule has 130 valence electrons. The zero-order valence-corrected chi connectivity index (χ0v) is 15.1. The van der Waals surface area contributed by atoms with Crippen molar-refractivity contribution in [1.82, 2.24) is 19.9 Å². The Kier molecular flexibility index (Phi) is 6.24. The van der Waals surface area contributed by atoms with Crippen LogP contribution in [0.25, 0.3) is 0 Å². The fourth-order valence-corrected chi connectivity index (χ4v) is 3.72. The van der Waals surface area contributed by atoms with Crippen molar-refractivity contribution in [2.45, 2.75) is 44.9 Å². The molecule has 1 fully saturated rings. The fourth-order valence-electron chi connectivity index (χ4n) is 2.57. The van der Waals surface area contributed by atoms with Gasteiger partial charge in [-0.3, -0.25) is 4.79 Å². The third-order valence-electron chi connectivity index (χ3n) is 3.79. The van der Waals surface area contributed by atoms with Gasteiger partial charge in [0.15, 0.2) is 0 Å². The topological polar surface area (TPSA) is 86.2 Å². The summed E-state index contributed by atoms with van der Waals surface area (Å²) in [6, 6.07) is -0.179. The zero-order chi connectivity index (χ0) is 16.8. The van der Waals surface area contributed by atoms with Gasteiger partial charge in [-0.25, -0.2) is 4.98 Å². The molecule has 1 aliphatic rings. The normalized spacial score (nSPS) is 20.9. The minimum atomic E-state index is -0.179. The summed E-state index contributed by atoms with van der Waals surface area (Å²) in [5.41, 5.74) is 3.46. The van der Waals surface area contributed by atoms with Crippen molar-refractivity contribution in [2.24, 2.45) is 0 Å². The standard InChI is InChI=1S/C15H20N4O3S2/c1-2-3-11-14(24-19-18-11)15(20)17-12-7-21-5-4-13(12)22-6-10-8-23-9-16-10/h8-9,12-13H,2-7H2,1H3,(H,17,20)/t12-,13+/m1/s1. The highest BCUT2D eigenvalue weighted by Gasteiger charge is 2.29. The molecule has 1 N–H and O–H groups in total. The summed E-state index contributed by atoms with van der Waals surface area (Å²) < 4.78 is 15.4. The minimum absolute atomic E-state index is 0.0834. The molecule has 1 aliphatic heterocycles. The number of thiazole rings is 1. The van der Waals surface area contributed by atoms with Crippen LogP contribution in [-0.2, 0) is 22.5 Å². The molecule has 0 aromatic carbocycles. The maximum atomic E-state index is 12.5. The monoisotopic (exact) mass is 368 g/mol. The number of carbonyl (C=O) groups is 1. The second-order valence-electron chi connectivity index (χ2n) is 5.57. The van der Waals surface area contributed by atoms with Crippen LogP contribution in [0.2, 0.25) is 0 Å². The van der Waals surface area contributed by atoms with Crippen molar-refractivity contribution in [3.63, 3.8) is 0 Å². The Morgan fingerprint density at radius 3 is 3.25 bits per heavy atom. The first-order valence-corrected chi connectivity index (χ1v) is 9.68. The van der Waals surface area contributed by atoms with Crippen LogP contribution in [0.15, 0.2) is 10.9 Å². The number of hydrogen-bond acceptors (Lipinski definition) is 8. The number of rotatable bonds is 7. The van der Waals surface area contributed by atoms with Gasteiger partial charge < -0.3 is 14.8 Å². The predicted octanol–water partition coefficient (Wildman–Crippen LogP) is 2.05. The Balaban J connectivity index is 1.60. The van der Waals surface area contributed by atoms with Crippen molar-refractivity contribution < 1.29 is 14.3 Å². The number of ether oxygens (including phenoxy) is 2. The number of aryl methyl sites for hydroxylation is 1. The maximum Gasteiger partial charge on any atom is 0.265 e. The number of nitrogens with one attached hydrogen (secondary N) is 1. The van der Waals surface area contributed by atoms with Crippen molar-refractivity contribution in [3.8, 4) is 0 Å². The summed E-state index contributed by atoms with van der Waals surface area (Å²) in [5.74, 6) is -0.147. The molecule has 1 saturated heterocycles. The first kappa shape index (κ1) is 17.4. The molecular formula is C15H20N4O3S2. The molecule has 1 amide bonds. The summed E-state index contributed by atoms with van der Waals surface area (Å²) in [4.78, 5) is 17.3. The molecule has 3 heterocycles. The third-order valence-corrected chi connectivity index (χ3v) is 5.19. The van der Waals surface area contributed by atoms with Crippen LogP contribution in [0.1, 0.15) is 40.8 Å². The summed E-state index contributed by atoms with van der Waals surface area (Å²) in [6.07, 6.45) is 2.35. The second kappa shape index (κ2) is 8.61. The number of hydrogen-bond donors (Lipinski definition) is 1. The highest BCUT2D eigenvalue weighted by molar-refractivity contribution is 7.08. The fraction of sp³-hybridized carbons (Fsp3) is 0.600. The largest absolute Gasteiger partial charge is 0.379 e. The van der Waals surface area contributed by atoms with Gasteiger partial charge >= 0.3 is 0 Å². The van der Waals surface area contributed by atoms with E-state index in [9.17, 15) is 4.79 Å². The molecule has 3 rings (SSSR count). The summed E-state index contributed by atoms with van der Waals surface area (Å²) in [6.45, 7) is 3.59. The number of amides is 1. The van der Waals surface area contributed by atoms with Crippen molar-refractivity contribution >= 4 is 28.8 Å². The average Bonchev–Trinajstić information content (AvgIpc) is 3.26. The molecule has 0 saturated carbocycles. The van der Waals surface area contributed by atoms with E-state index in [1.54, 1.807) is 16.8 Å². The van der Waals surface area contributed by atoms with Crippen LogP contribution < -0.4 is 5.32 Å². The number of carbonyl (C=O) groups excluding carboxylic acids is 1. The van der Waals surface area contributed by atoms with Gasteiger partial charge in [-0.2, -0.15) is 0 Å². The lowest BCUT2D eigenvalue weighted by Gasteiger charge is -2.31. The van der Waals surface area contributed by atoms with E-state index in [4.69, 9.17) is 9.47 Å². The minimum Gasteiger partial charge on any atom is -0.379 e. The average molecular weight is 368 g/mol. The van der Waals surface area contributed by atoms with Crippen LogP contribution in [0.3, 0.4) is 0 Å². The second-order valence-corrected chi connectivity index (χ2v) is 7.04. The van der Waals surface area contributed by atoms with E-state index in [0.29, 0.717) is 24.7 Å². The van der Waals surface area contributed by atoms with E-state index < -0.39 is 0 Å². The highest BCUT2D eigenvalue weighted by Crippen LogP contribution is 2.17. The Morgan fingerprint density at radius 1 is 1.54 bits per heavy atom. The van der Waals surface area contributed by atoms with E-state index in [0.717, 1.165) is 42.2 Å². The lowest BCUT2D eigenvalue weighted by Crippen LogP contribution is -2.50. The number of nitrogens with zero attached hydrogens (tertiary/aromatic N) is 3. The molecule has 0 radical (unpaired) electrons. The Bertz CT molecular complexity index is 647. The molecular weight excluding hydrogens is 348 g/mol. The van der Waals surface area contributed by atoms with E-state index in [1.165, 1.54) is 0 Å². The van der Waals surface area contributed by atoms with E-state index in [1.807, 2.05) is 5.38 Å². The van der Waals surface area contributed by atoms with Gasteiger partial charge in [0.25, 0.3) is 5.91 Å². The van der Waals surface area contributed by atoms with Gasteiger partial charge in [0, 0.05) is 12.0 Å². The Labute approximate surface area is 148 Å². The molecule has 2 aromatic rings. The van der Waals surface area contributed by atoms with Crippen molar-refractivity contribution in [1.29, 1.82) is 0 Å². The maximum absolute atomic E-state index is 12.5. The SMILES string of the molecule is CCCc1nnsc1C(=O)N[C@@H]1COCC[C@@H]1OCc1cscn1. The van der Waals surface area contributed by atoms with Crippen molar-refractivity contribution in [2.75, 3.05) is 13.2 Å².